The van der Waals surface area contributed by atoms with Crippen LogP contribution in [0.5, 0.6) is 0 Å². The molecule has 0 amide bonds. The van der Waals surface area contributed by atoms with Gasteiger partial charge >= 0.3 is 17.9 Å². The maximum atomic E-state index is 12.3. The lowest BCUT2D eigenvalue weighted by Gasteiger charge is -2.24. The first kappa shape index (κ1) is 22.6. The monoisotopic (exact) mass is 394 g/mol. The lowest BCUT2D eigenvalue weighted by molar-refractivity contribution is -0.196. The minimum Gasteiger partial charge on any atom is -0.463 e. The molecule has 0 bridgehead atoms. The second-order valence-corrected chi connectivity index (χ2v) is 10.1. The maximum Gasteiger partial charge on any atom is 0.305 e. The van der Waals surface area contributed by atoms with Crippen LogP contribution in [-0.4, -0.2) is 68.8 Å². The van der Waals surface area contributed by atoms with E-state index in [9.17, 15) is 18.9 Å². The third-order valence-electron chi connectivity index (χ3n) is 3.84. The van der Waals surface area contributed by atoms with E-state index in [1.165, 1.54) is 34.1 Å². The standard InChI is InChI=1S/C16H27O9P/c1-9-13(7-22-14(26(5,6)20)8-21-10(2)17)25-16(24-12(4)19)15(9)23-11(3)18/h9,13-16H,7-8H2,1-6H3/t9-,13-,14?,15?,16-/m1/s1. The number of ether oxygens (including phenoxy) is 5. The second kappa shape index (κ2) is 9.48. The number of rotatable bonds is 8. The van der Waals surface area contributed by atoms with Crippen LogP contribution >= 0.6 is 7.14 Å². The zero-order valence-corrected chi connectivity index (χ0v) is 16.8. The quantitative estimate of drug-likeness (QED) is 0.342. The molecule has 1 saturated heterocycles. The van der Waals surface area contributed by atoms with Crippen molar-refractivity contribution in [1.29, 1.82) is 0 Å². The maximum absolute atomic E-state index is 12.3. The smallest absolute Gasteiger partial charge is 0.305 e. The Balaban J connectivity index is 2.77. The summed E-state index contributed by atoms with van der Waals surface area (Å²) in [5.41, 5.74) is 0. The first-order valence-electron chi connectivity index (χ1n) is 8.21. The molecule has 5 atom stereocenters. The highest BCUT2D eigenvalue weighted by Crippen LogP contribution is 2.43. The fraction of sp³-hybridized carbons (Fsp3) is 0.812. The molecular weight excluding hydrogens is 367 g/mol. The van der Waals surface area contributed by atoms with Crippen molar-refractivity contribution in [3.8, 4) is 0 Å². The average Bonchev–Trinajstić information content (AvgIpc) is 2.73. The van der Waals surface area contributed by atoms with Gasteiger partial charge in [0.2, 0.25) is 6.29 Å². The first-order valence-corrected chi connectivity index (χ1v) is 10.9. The second-order valence-electron chi connectivity index (χ2n) is 6.61. The van der Waals surface area contributed by atoms with Gasteiger partial charge in [-0.1, -0.05) is 6.92 Å². The number of carbonyl (C=O) groups is 3. The Bertz CT molecular complexity index is 570. The molecule has 0 aromatic rings. The van der Waals surface area contributed by atoms with Gasteiger partial charge in [0, 0.05) is 26.7 Å². The summed E-state index contributed by atoms with van der Waals surface area (Å²) in [6, 6.07) is 0. The molecule has 1 aliphatic rings. The summed E-state index contributed by atoms with van der Waals surface area (Å²) < 4.78 is 38.8. The zero-order valence-electron chi connectivity index (χ0n) is 15.9. The number of esters is 3. The van der Waals surface area contributed by atoms with Crippen molar-refractivity contribution in [3.63, 3.8) is 0 Å². The zero-order chi connectivity index (χ0) is 20.1. The van der Waals surface area contributed by atoms with E-state index in [1.54, 1.807) is 6.92 Å². The number of hydrogen-bond donors (Lipinski definition) is 0. The van der Waals surface area contributed by atoms with E-state index >= 15 is 0 Å². The first-order chi connectivity index (χ1) is 11.9. The molecule has 0 aliphatic carbocycles. The van der Waals surface area contributed by atoms with Gasteiger partial charge in [-0.15, -0.1) is 0 Å². The molecule has 0 N–H and O–H groups in total. The van der Waals surface area contributed by atoms with Gasteiger partial charge in [-0.25, -0.2) is 0 Å². The van der Waals surface area contributed by atoms with Crippen molar-refractivity contribution in [2.24, 2.45) is 5.92 Å². The molecular formula is C16H27O9P. The molecule has 1 fully saturated rings. The van der Waals surface area contributed by atoms with Gasteiger partial charge in [-0.05, 0) is 13.3 Å². The highest BCUT2D eigenvalue weighted by molar-refractivity contribution is 7.62. The van der Waals surface area contributed by atoms with E-state index in [0.29, 0.717) is 0 Å². The van der Waals surface area contributed by atoms with Crippen LogP contribution < -0.4 is 0 Å². The van der Waals surface area contributed by atoms with Gasteiger partial charge in [-0.3, -0.25) is 14.4 Å². The van der Waals surface area contributed by atoms with Crippen LogP contribution in [0, 0.1) is 5.92 Å². The van der Waals surface area contributed by atoms with Crippen LogP contribution in [-0.2, 0) is 42.6 Å². The molecule has 0 spiro atoms. The van der Waals surface area contributed by atoms with E-state index in [2.05, 4.69) is 0 Å². The summed E-state index contributed by atoms with van der Waals surface area (Å²) in [7, 11) is -2.71. The summed E-state index contributed by atoms with van der Waals surface area (Å²) in [4.78, 5) is 33.5. The van der Waals surface area contributed by atoms with Crippen molar-refractivity contribution in [2.75, 3.05) is 26.5 Å². The van der Waals surface area contributed by atoms with Crippen molar-refractivity contribution in [2.45, 2.75) is 52.0 Å². The van der Waals surface area contributed by atoms with Crippen LogP contribution in [0.1, 0.15) is 27.7 Å². The number of hydrogen-bond acceptors (Lipinski definition) is 9. The van der Waals surface area contributed by atoms with Gasteiger partial charge in [0.05, 0.1) is 12.7 Å². The Morgan fingerprint density at radius 3 is 2.08 bits per heavy atom. The normalized spacial score (nSPS) is 26.8. The lowest BCUT2D eigenvalue weighted by Crippen LogP contribution is -2.34. The van der Waals surface area contributed by atoms with Crippen LogP contribution in [0.25, 0.3) is 0 Å². The van der Waals surface area contributed by atoms with E-state index < -0.39 is 49.4 Å². The fourth-order valence-corrected chi connectivity index (χ4v) is 3.32. The van der Waals surface area contributed by atoms with Gasteiger partial charge in [-0.2, -0.15) is 0 Å². The lowest BCUT2D eigenvalue weighted by atomic mass is 10.0. The van der Waals surface area contributed by atoms with Crippen molar-refractivity contribution in [3.05, 3.63) is 0 Å². The van der Waals surface area contributed by atoms with E-state index in [1.807, 2.05) is 0 Å². The van der Waals surface area contributed by atoms with Crippen LogP contribution in [0.3, 0.4) is 0 Å². The highest BCUT2D eigenvalue weighted by atomic mass is 31.2. The Morgan fingerprint density at radius 1 is 1.04 bits per heavy atom. The summed E-state index contributed by atoms with van der Waals surface area (Å²) in [5, 5.41) is 0. The van der Waals surface area contributed by atoms with E-state index in [0.717, 1.165) is 0 Å². The van der Waals surface area contributed by atoms with E-state index in [4.69, 9.17) is 23.7 Å². The topological polar surface area (TPSA) is 114 Å². The Labute approximate surface area is 153 Å². The Morgan fingerprint density at radius 2 is 1.62 bits per heavy atom. The molecule has 1 aliphatic heterocycles. The summed E-state index contributed by atoms with van der Waals surface area (Å²) in [6.45, 7) is 8.43. The Hall–Kier alpha value is -1.44. The molecule has 150 valence electrons. The molecule has 2 unspecified atom stereocenters. The van der Waals surface area contributed by atoms with Gasteiger partial charge < -0.3 is 28.2 Å². The molecule has 0 aromatic carbocycles. The number of carbonyl (C=O) groups excluding carboxylic acids is 3. The summed E-state index contributed by atoms with van der Waals surface area (Å²) in [5.74, 6) is -2.71. The third-order valence-corrected chi connectivity index (χ3v) is 5.53. The molecule has 1 rings (SSSR count). The molecule has 9 nitrogen and oxygen atoms in total. The van der Waals surface area contributed by atoms with Crippen LogP contribution in [0.15, 0.2) is 0 Å². The SMILES string of the molecule is CC(=O)OCC(OC[C@H]1O[C@@H](OC(C)=O)C(OC(C)=O)[C@@H]1C)P(C)(C)=O. The molecule has 1 heterocycles. The molecule has 0 saturated carbocycles. The third kappa shape index (κ3) is 7.05. The van der Waals surface area contributed by atoms with Gasteiger partial charge in [0.1, 0.15) is 19.6 Å². The molecule has 10 heteroatoms. The predicted molar refractivity (Wildman–Crippen MR) is 91.0 cm³/mol. The van der Waals surface area contributed by atoms with Crippen LogP contribution in [0.4, 0.5) is 0 Å². The average molecular weight is 394 g/mol. The highest BCUT2D eigenvalue weighted by Gasteiger charge is 2.46. The molecule has 0 radical (unpaired) electrons. The molecule has 26 heavy (non-hydrogen) atoms. The fourth-order valence-electron chi connectivity index (χ4n) is 2.44. The summed E-state index contributed by atoms with van der Waals surface area (Å²) in [6.07, 6.45) is -2.37. The minimum absolute atomic E-state index is 0.00823. The van der Waals surface area contributed by atoms with Gasteiger partial charge in [0.25, 0.3) is 0 Å². The summed E-state index contributed by atoms with van der Waals surface area (Å²) >= 11 is 0. The van der Waals surface area contributed by atoms with Crippen molar-refractivity contribution < 1.29 is 42.6 Å². The van der Waals surface area contributed by atoms with Gasteiger partial charge in [0.15, 0.2) is 6.10 Å². The molecule has 0 aromatic heterocycles. The van der Waals surface area contributed by atoms with Crippen LogP contribution in [0.2, 0.25) is 0 Å². The Kier molecular flexibility index (Phi) is 8.24. The van der Waals surface area contributed by atoms with Crippen molar-refractivity contribution in [1.82, 2.24) is 0 Å². The minimum atomic E-state index is -2.71. The van der Waals surface area contributed by atoms with E-state index in [-0.39, 0.29) is 19.1 Å². The predicted octanol–water partition coefficient (Wildman–Crippen LogP) is 1.37. The van der Waals surface area contributed by atoms with Crippen molar-refractivity contribution >= 4 is 25.0 Å². The largest absolute Gasteiger partial charge is 0.463 e.